The van der Waals surface area contributed by atoms with Gasteiger partial charge in [-0.05, 0) is 20.8 Å². The summed E-state index contributed by atoms with van der Waals surface area (Å²) in [5.41, 5.74) is 0. The van der Waals surface area contributed by atoms with E-state index >= 15 is 0 Å². The SMILES string of the molecule is CC#CCNCC(C)OCC. The molecule has 0 saturated carbocycles. The van der Waals surface area contributed by atoms with Crippen molar-refractivity contribution in [2.75, 3.05) is 19.7 Å². The summed E-state index contributed by atoms with van der Waals surface area (Å²) in [7, 11) is 0. The second-order valence-corrected chi connectivity index (χ2v) is 2.32. The summed E-state index contributed by atoms with van der Waals surface area (Å²) in [6.07, 6.45) is 0.290. The molecule has 0 heterocycles. The molecular weight excluding hydrogens is 138 g/mol. The Morgan fingerprint density at radius 1 is 1.55 bits per heavy atom. The van der Waals surface area contributed by atoms with Crippen LogP contribution in [-0.2, 0) is 4.74 Å². The zero-order chi connectivity index (χ0) is 8.53. The predicted octanol–water partition coefficient (Wildman–Crippen LogP) is 1.02. The monoisotopic (exact) mass is 155 g/mol. The number of rotatable bonds is 5. The third-order valence-electron chi connectivity index (χ3n) is 1.27. The topological polar surface area (TPSA) is 21.3 Å². The third kappa shape index (κ3) is 7.38. The Morgan fingerprint density at radius 2 is 2.27 bits per heavy atom. The molecule has 2 heteroatoms. The average molecular weight is 155 g/mol. The third-order valence-corrected chi connectivity index (χ3v) is 1.27. The molecule has 1 atom stereocenters. The molecule has 1 N–H and O–H groups in total. The molecule has 0 aromatic carbocycles. The van der Waals surface area contributed by atoms with Gasteiger partial charge in [0.15, 0.2) is 0 Å². The summed E-state index contributed by atoms with van der Waals surface area (Å²) >= 11 is 0. The largest absolute Gasteiger partial charge is 0.377 e. The number of hydrogen-bond acceptors (Lipinski definition) is 2. The van der Waals surface area contributed by atoms with Gasteiger partial charge < -0.3 is 10.1 Å². The average Bonchev–Trinajstić information content (AvgIpc) is 1.99. The van der Waals surface area contributed by atoms with Crippen LogP contribution in [0.3, 0.4) is 0 Å². The first-order valence-electron chi connectivity index (χ1n) is 4.03. The molecule has 0 saturated heterocycles. The summed E-state index contributed by atoms with van der Waals surface area (Å²) in [6.45, 7) is 8.31. The molecule has 0 aliphatic rings. The second-order valence-electron chi connectivity index (χ2n) is 2.32. The molecule has 0 amide bonds. The van der Waals surface area contributed by atoms with Crippen molar-refractivity contribution >= 4 is 0 Å². The molecule has 0 aliphatic carbocycles. The number of nitrogens with one attached hydrogen (secondary N) is 1. The first-order chi connectivity index (χ1) is 5.31. The van der Waals surface area contributed by atoms with Gasteiger partial charge in [0.05, 0.1) is 12.6 Å². The van der Waals surface area contributed by atoms with Crippen molar-refractivity contribution in [3.63, 3.8) is 0 Å². The standard InChI is InChI=1S/C9H17NO/c1-4-6-7-10-8-9(3)11-5-2/h9-10H,5,7-8H2,1-3H3. The van der Waals surface area contributed by atoms with E-state index in [1.807, 2.05) is 13.8 Å². The van der Waals surface area contributed by atoms with Gasteiger partial charge in [-0.2, -0.15) is 0 Å². The minimum absolute atomic E-state index is 0.290. The lowest BCUT2D eigenvalue weighted by Crippen LogP contribution is -2.27. The lowest BCUT2D eigenvalue weighted by molar-refractivity contribution is 0.0770. The zero-order valence-corrected chi connectivity index (χ0v) is 7.61. The maximum atomic E-state index is 5.31. The fraction of sp³-hybridized carbons (Fsp3) is 0.778. The van der Waals surface area contributed by atoms with E-state index in [1.165, 1.54) is 0 Å². The molecule has 2 nitrogen and oxygen atoms in total. The summed E-state index contributed by atoms with van der Waals surface area (Å²) in [5, 5.41) is 3.17. The minimum atomic E-state index is 0.290. The molecule has 0 fully saturated rings. The molecule has 11 heavy (non-hydrogen) atoms. The van der Waals surface area contributed by atoms with Gasteiger partial charge in [0, 0.05) is 13.2 Å². The fourth-order valence-corrected chi connectivity index (χ4v) is 0.770. The smallest absolute Gasteiger partial charge is 0.0671 e. The molecule has 0 aliphatic heterocycles. The Bertz CT molecular complexity index is 134. The van der Waals surface area contributed by atoms with Crippen LogP contribution in [0.15, 0.2) is 0 Å². The van der Waals surface area contributed by atoms with Crippen LogP contribution in [0.5, 0.6) is 0 Å². The maximum Gasteiger partial charge on any atom is 0.0671 e. The van der Waals surface area contributed by atoms with Crippen LogP contribution in [0.2, 0.25) is 0 Å². The number of hydrogen-bond donors (Lipinski definition) is 1. The fourth-order valence-electron chi connectivity index (χ4n) is 0.770. The molecule has 0 aromatic heterocycles. The van der Waals surface area contributed by atoms with E-state index < -0.39 is 0 Å². The Kier molecular flexibility index (Phi) is 7.23. The first kappa shape index (κ1) is 10.5. The van der Waals surface area contributed by atoms with Crippen molar-refractivity contribution in [1.82, 2.24) is 5.32 Å². The van der Waals surface area contributed by atoms with Gasteiger partial charge in [0.25, 0.3) is 0 Å². The van der Waals surface area contributed by atoms with Crippen molar-refractivity contribution in [2.45, 2.75) is 26.9 Å². The van der Waals surface area contributed by atoms with E-state index in [-0.39, 0.29) is 0 Å². The zero-order valence-electron chi connectivity index (χ0n) is 7.61. The Labute approximate surface area is 69.3 Å². The summed E-state index contributed by atoms with van der Waals surface area (Å²) in [6, 6.07) is 0. The van der Waals surface area contributed by atoms with E-state index in [2.05, 4.69) is 24.1 Å². The highest BCUT2D eigenvalue weighted by Gasteiger charge is 1.96. The van der Waals surface area contributed by atoms with Crippen molar-refractivity contribution < 1.29 is 4.74 Å². The van der Waals surface area contributed by atoms with Crippen LogP contribution in [0.4, 0.5) is 0 Å². The Balaban J connectivity index is 3.14. The maximum absolute atomic E-state index is 5.31. The van der Waals surface area contributed by atoms with Gasteiger partial charge >= 0.3 is 0 Å². The van der Waals surface area contributed by atoms with E-state index in [1.54, 1.807) is 0 Å². The molecule has 1 unspecified atom stereocenters. The van der Waals surface area contributed by atoms with Gasteiger partial charge in [0.2, 0.25) is 0 Å². The number of ether oxygens (including phenoxy) is 1. The summed E-state index contributed by atoms with van der Waals surface area (Å²) in [4.78, 5) is 0. The van der Waals surface area contributed by atoms with Crippen LogP contribution in [0, 0.1) is 11.8 Å². The first-order valence-corrected chi connectivity index (χ1v) is 4.03. The minimum Gasteiger partial charge on any atom is -0.377 e. The highest BCUT2D eigenvalue weighted by atomic mass is 16.5. The Morgan fingerprint density at radius 3 is 2.82 bits per heavy atom. The molecular formula is C9H17NO. The normalized spacial score (nSPS) is 11.9. The quantitative estimate of drug-likeness (QED) is 0.473. The van der Waals surface area contributed by atoms with Gasteiger partial charge in [0.1, 0.15) is 0 Å². The van der Waals surface area contributed by atoms with Gasteiger partial charge in [-0.15, -0.1) is 5.92 Å². The molecule has 0 bridgehead atoms. The lowest BCUT2D eigenvalue weighted by atomic mass is 10.4. The highest BCUT2D eigenvalue weighted by molar-refractivity contribution is 4.96. The van der Waals surface area contributed by atoms with E-state index in [9.17, 15) is 0 Å². The van der Waals surface area contributed by atoms with Gasteiger partial charge in [-0.3, -0.25) is 0 Å². The molecule has 0 rings (SSSR count). The predicted molar refractivity (Wildman–Crippen MR) is 47.4 cm³/mol. The molecule has 0 spiro atoms. The summed E-state index contributed by atoms with van der Waals surface area (Å²) < 4.78 is 5.31. The van der Waals surface area contributed by atoms with Crippen LogP contribution in [0.25, 0.3) is 0 Å². The van der Waals surface area contributed by atoms with E-state index in [0.29, 0.717) is 6.10 Å². The van der Waals surface area contributed by atoms with E-state index in [4.69, 9.17) is 4.74 Å². The second kappa shape index (κ2) is 7.59. The van der Waals surface area contributed by atoms with Crippen LogP contribution >= 0.6 is 0 Å². The van der Waals surface area contributed by atoms with Crippen LogP contribution in [-0.4, -0.2) is 25.8 Å². The highest BCUT2D eigenvalue weighted by Crippen LogP contribution is 1.85. The van der Waals surface area contributed by atoms with Crippen molar-refractivity contribution in [1.29, 1.82) is 0 Å². The summed E-state index contributed by atoms with van der Waals surface area (Å²) in [5.74, 6) is 5.75. The van der Waals surface area contributed by atoms with Crippen molar-refractivity contribution in [2.24, 2.45) is 0 Å². The van der Waals surface area contributed by atoms with Crippen LogP contribution in [0.1, 0.15) is 20.8 Å². The lowest BCUT2D eigenvalue weighted by Gasteiger charge is -2.10. The van der Waals surface area contributed by atoms with Gasteiger partial charge in [-0.1, -0.05) is 5.92 Å². The van der Waals surface area contributed by atoms with E-state index in [0.717, 1.165) is 19.7 Å². The van der Waals surface area contributed by atoms with Gasteiger partial charge in [-0.25, -0.2) is 0 Å². The molecule has 64 valence electrons. The molecule has 0 aromatic rings. The van der Waals surface area contributed by atoms with Crippen molar-refractivity contribution in [3.05, 3.63) is 0 Å². The van der Waals surface area contributed by atoms with Crippen LogP contribution < -0.4 is 5.32 Å². The van der Waals surface area contributed by atoms with Crippen molar-refractivity contribution in [3.8, 4) is 11.8 Å². The molecule has 0 radical (unpaired) electrons. The Hall–Kier alpha value is -0.520.